The largest absolute Gasteiger partial charge is 0.390 e. The summed E-state index contributed by atoms with van der Waals surface area (Å²) in [6.07, 6.45) is 1.41. The van der Waals surface area contributed by atoms with Crippen LogP contribution in [0.15, 0.2) is 28.7 Å². The molecule has 2 atom stereocenters. The predicted molar refractivity (Wildman–Crippen MR) is 62.6 cm³/mol. The molecule has 0 aliphatic heterocycles. The van der Waals surface area contributed by atoms with Gasteiger partial charge in [0.15, 0.2) is 0 Å². The van der Waals surface area contributed by atoms with Gasteiger partial charge in [0, 0.05) is 10.9 Å². The number of rotatable bonds is 4. The standard InChI is InChI=1S/C12H15BrO2/c13-10-4-2-1-3-9(10)7-11(14)12(15)8-5-6-8/h1-4,8,11-12,14-15H,5-7H2. The van der Waals surface area contributed by atoms with Gasteiger partial charge in [0.05, 0.1) is 12.2 Å². The second-order valence-corrected chi connectivity index (χ2v) is 5.05. The third-order valence-corrected chi connectivity index (χ3v) is 3.66. The lowest BCUT2D eigenvalue weighted by atomic mass is 10.0. The lowest BCUT2D eigenvalue weighted by Gasteiger charge is -2.17. The van der Waals surface area contributed by atoms with Crippen molar-refractivity contribution in [1.82, 2.24) is 0 Å². The number of hydrogen-bond acceptors (Lipinski definition) is 2. The van der Waals surface area contributed by atoms with E-state index in [0.717, 1.165) is 22.9 Å². The van der Waals surface area contributed by atoms with E-state index in [1.807, 2.05) is 24.3 Å². The fourth-order valence-electron chi connectivity index (χ4n) is 1.76. The van der Waals surface area contributed by atoms with Gasteiger partial charge in [-0.15, -0.1) is 0 Å². The molecule has 1 aromatic rings. The summed E-state index contributed by atoms with van der Waals surface area (Å²) in [5.41, 5.74) is 1.05. The van der Waals surface area contributed by atoms with E-state index in [1.165, 1.54) is 0 Å². The van der Waals surface area contributed by atoms with Crippen molar-refractivity contribution in [2.45, 2.75) is 31.5 Å². The quantitative estimate of drug-likeness (QED) is 0.880. The van der Waals surface area contributed by atoms with Crippen LogP contribution in [0.5, 0.6) is 0 Å². The van der Waals surface area contributed by atoms with Gasteiger partial charge in [-0.25, -0.2) is 0 Å². The minimum atomic E-state index is -0.642. The number of benzene rings is 1. The van der Waals surface area contributed by atoms with Gasteiger partial charge in [-0.1, -0.05) is 34.1 Å². The smallest absolute Gasteiger partial charge is 0.0842 e. The minimum Gasteiger partial charge on any atom is -0.390 e. The van der Waals surface area contributed by atoms with E-state index in [9.17, 15) is 10.2 Å². The summed E-state index contributed by atoms with van der Waals surface area (Å²) in [5.74, 6) is 0.322. The fourth-order valence-corrected chi connectivity index (χ4v) is 2.21. The van der Waals surface area contributed by atoms with Crippen LogP contribution in [0.4, 0.5) is 0 Å². The molecule has 1 saturated carbocycles. The highest BCUT2D eigenvalue weighted by atomic mass is 79.9. The summed E-state index contributed by atoms with van der Waals surface area (Å²) < 4.78 is 0.993. The molecule has 0 bridgehead atoms. The molecule has 2 nitrogen and oxygen atoms in total. The lowest BCUT2D eigenvalue weighted by molar-refractivity contribution is 0.00665. The zero-order valence-corrected chi connectivity index (χ0v) is 10.0. The Balaban J connectivity index is 1.98. The van der Waals surface area contributed by atoms with Gasteiger partial charge in [-0.3, -0.25) is 0 Å². The summed E-state index contributed by atoms with van der Waals surface area (Å²) in [6.45, 7) is 0. The summed E-state index contributed by atoms with van der Waals surface area (Å²) in [5, 5.41) is 19.6. The minimum absolute atomic E-state index is 0.322. The molecule has 2 rings (SSSR count). The monoisotopic (exact) mass is 270 g/mol. The molecule has 3 heteroatoms. The molecule has 0 saturated heterocycles. The van der Waals surface area contributed by atoms with Crippen LogP contribution >= 0.6 is 15.9 Å². The summed E-state index contributed by atoms with van der Waals surface area (Å²) in [7, 11) is 0. The molecule has 82 valence electrons. The van der Waals surface area contributed by atoms with Crippen LogP contribution in [0.3, 0.4) is 0 Å². The first-order chi connectivity index (χ1) is 7.18. The summed E-state index contributed by atoms with van der Waals surface area (Å²) in [6, 6.07) is 7.80. The van der Waals surface area contributed by atoms with Crippen molar-refractivity contribution < 1.29 is 10.2 Å². The fraction of sp³-hybridized carbons (Fsp3) is 0.500. The topological polar surface area (TPSA) is 40.5 Å². The van der Waals surface area contributed by atoms with Crippen molar-refractivity contribution in [2.24, 2.45) is 5.92 Å². The maximum atomic E-state index is 9.84. The molecule has 2 unspecified atom stereocenters. The zero-order chi connectivity index (χ0) is 10.8. The second-order valence-electron chi connectivity index (χ2n) is 4.19. The highest BCUT2D eigenvalue weighted by molar-refractivity contribution is 9.10. The third-order valence-electron chi connectivity index (χ3n) is 2.89. The lowest BCUT2D eigenvalue weighted by Crippen LogP contribution is -2.29. The van der Waals surface area contributed by atoms with E-state index in [0.29, 0.717) is 12.3 Å². The Morgan fingerprint density at radius 2 is 1.93 bits per heavy atom. The average molecular weight is 271 g/mol. The van der Waals surface area contributed by atoms with Crippen molar-refractivity contribution in [2.75, 3.05) is 0 Å². The van der Waals surface area contributed by atoms with Crippen molar-refractivity contribution in [3.05, 3.63) is 34.3 Å². The van der Waals surface area contributed by atoms with Crippen LogP contribution < -0.4 is 0 Å². The number of halogens is 1. The molecule has 1 aliphatic carbocycles. The number of hydrogen-bond donors (Lipinski definition) is 2. The Morgan fingerprint density at radius 1 is 1.27 bits per heavy atom. The Morgan fingerprint density at radius 3 is 2.53 bits per heavy atom. The van der Waals surface area contributed by atoms with Crippen molar-refractivity contribution in [3.8, 4) is 0 Å². The Labute approximate surface area is 98.1 Å². The Hall–Kier alpha value is -0.380. The van der Waals surface area contributed by atoms with Gasteiger partial charge in [0.1, 0.15) is 0 Å². The maximum Gasteiger partial charge on any atom is 0.0842 e. The van der Waals surface area contributed by atoms with E-state index in [1.54, 1.807) is 0 Å². The molecule has 0 heterocycles. The molecule has 0 radical (unpaired) electrons. The highest BCUT2D eigenvalue weighted by Crippen LogP contribution is 2.34. The molecular weight excluding hydrogens is 256 g/mol. The van der Waals surface area contributed by atoms with Crippen molar-refractivity contribution >= 4 is 15.9 Å². The maximum absolute atomic E-state index is 9.84. The van der Waals surface area contributed by atoms with Crippen LogP contribution in [0, 0.1) is 5.92 Å². The van der Waals surface area contributed by atoms with Gasteiger partial charge in [-0.2, -0.15) is 0 Å². The molecule has 2 N–H and O–H groups in total. The van der Waals surface area contributed by atoms with E-state index < -0.39 is 12.2 Å². The molecule has 15 heavy (non-hydrogen) atoms. The van der Waals surface area contributed by atoms with Gasteiger partial charge in [0.25, 0.3) is 0 Å². The van der Waals surface area contributed by atoms with Crippen LogP contribution in [-0.2, 0) is 6.42 Å². The van der Waals surface area contributed by atoms with Crippen molar-refractivity contribution in [3.63, 3.8) is 0 Å². The summed E-state index contributed by atoms with van der Waals surface area (Å²) in [4.78, 5) is 0. The predicted octanol–water partition coefficient (Wildman–Crippen LogP) is 2.12. The van der Waals surface area contributed by atoms with Crippen LogP contribution in [-0.4, -0.2) is 22.4 Å². The zero-order valence-electron chi connectivity index (χ0n) is 8.44. The molecular formula is C12H15BrO2. The van der Waals surface area contributed by atoms with Gasteiger partial charge >= 0.3 is 0 Å². The van der Waals surface area contributed by atoms with Gasteiger partial charge in [0.2, 0.25) is 0 Å². The average Bonchev–Trinajstić information content (AvgIpc) is 3.04. The van der Waals surface area contributed by atoms with E-state index >= 15 is 0 Å². The Bertz CT molecular complexity index is 336. The van der Waals surface area contributed by atoms with Gasteiger partial charge < -0.3 is 10.2 Å². The van der Waals surface area contributed by atoms with Crippen LogP contribution in [0.1, 0.15) is 18.4 Å². The molecule has 0 amide bonds. The highest BCUT2D eigenvalue weighted by Gasteiger charge is 2.34. The third kappa shape index (κ3) is 2.80. The second kappa shape index (κ2) is 4.64. The van der Waals surface area contributed by atoms with E-state index in [4.69, 9.17) is 0 Å². The number of aliphatic hydroxyl groups excluding tert-OH is 2. The first-order valence-corrected chi connectivity index (χ1v) is 6.07. The van der Waals surface area contributed by atoms with Gasteiger partial charge in [-0.05, 0) is 30.4 Å². The Kier molecular flexibility index (Phi) is 3.44. The normalized spacial score (nSPS) is 19.9. The number of aliphatic hydroxyl groups is 2. The molecule has 1 fully saturated rings. The van der Waals surface area contributed by atoms with Crippen LogP contribution in [0.2, 0.25) is 0 Å². The first-order valence-electron chi connectivity index (χ1n) is 5.28. The SMILES string of the molecule is OC(Cc1ccccc1Br)C(O)C1CC1. The molecule has 1 aliphatic rings. The van der Waals surface area contributed by atoms with Crippen molar-refractivity contribution in [1.29, 1.82) is 0 Å². The summed E-state index contributed by atoms with van der Waals surface area (Å²) >= 11 is 3.43. The molecule has 1 aromatic carbocycles. The van der Waals surface area contributed by atoms with Crippen LogP contribution in [0.25, 0.3) is 0 Å². The molecule has 0 aromatic heterocycles. The van der Waals surface area contributed by atoms with E-state index in [2.05, 4.69) is 15.9 Å². The van der Waals surface area contributed by atoms with E-state index in [-0.39, 0.29) is 0 Å². The molecule has 0 spiro atoms. The first kappa shape index (κ1) is 11.1.